The first-order chi connectivity index (χ1) is 6.77. The van der Waals surface area contributed by atoms with Gasteiger partial charge in [0.15, 0.2) is 0 Å². The highest BCUT2D eigenvalue weighted by molar-refractivity contribution is 5.91. The molecule has 0 spiro atoms. The summed E-state index contributed by atoms with van der Waals surface area (Å²) in [6.45, 7) is 4.45. The number of carbonyl (C=O) groups excluding carboxylic acids is 1. The number of esters is 1. The van der Waals surface area contributed by atoms with Crippen LogP contribution in [0.4, 0.5) is 0 Å². The van der Waals surface area contributed by atoms with E-state index in [9.17, 15) is 4.79 Å². The van der Waals surface area contributed by atoms with Gasteiger partial charge in [-0.3, -0.25) is 4.99 Å². The van der Waals surface area contributed by atoms with Gasteiger partial charge in [0, 0.05) is 5.71 Å². The van der Waals surface area contributed by atoms with E-state index in [0.717, 1.165) is 19.3 Å². The molecule has 3 heteroatoms. The lowest BCUT2D eigenvalue weighted by atomic mass is 10.1. The molecule has 0 N–H and O–H groups in total. The molecule has 0 amide bonds. The van der Waals surface area contributed by atoms with E-state index in [-0.39, 0.29) is 12.0 Å². The Bertz CT molecular complexity index is 223. The topological polar surface area (TPSA) is 38.7 Å². The third-order valence-electron chi connectivity index (χ3n) is 2.42. The first kappa shape index (κ1) is 11.2. The first-order valence-corrected chi connectivity index (χ1v) is 5.50. The molecule has 80 valence electrons. The second-order valence-corrected chi connectivity index (χ2v) is 3.61. The van der Waals surface area contributed by atoms with Crippen LogP contribution in [0.3, 0.4) is 0 Å². The van der Waals surface area contributed by atoms with Crippen LogP contribution in [0.5, 0.6) is 0 Å². The van der Waals surface area contributed by atoms with Crippen molar-refractivity contribution >= 4 is 11.7 Å². The van der Waals surface area contributed by atoms with Crippen molar-refractivity contribution in [2.45, 2.75) is 52.0 Å². The number of hydrogen-bond acceptors (Lipinski definition) is 3. The van der Waals surface area contributed by atoms with E-state index in [4.69, 9.17) is 4.74 Å². The Labute approximate surface area is 85.6 Å². The molecule has 1 atom stereocenters. The van der Waals surface area contributed by atoms with Gasteiger partial charge in [-0.1, -0.05) is 13.3 Å². The SMILES string of the molecule is CCCCC1=N[C@H](C(=O)OCC)CC1. The van der Waals surface area contributed by atoms with Crippen molar-refractivity contribution in [1.29, 1.82) is 0 Å². The van der Waals surface area contributed by atoms with Gasteiger partial charge < -0.3 is 4.74 Å². The van der Waals surface area contributed by atoms with Crippen LogP contribution in [-0.4, -0.2) is 24.3 Å². The predicted molar refractivity (Wildman–Crippen MR) is 56.6 cm³/mol. The summed E-state index contributed by atoms with van der Waals surface area (Å²) < 4.78 is 4.93. The van der Waals surface area contributed by atoms with Crippen molar-refractivity contribution in [2.75, 3.05) is 6.61 Å². The van der Waals surface area contributed by atoms with Gasteiger partial charge in [0.1, 0.15) is 6.04 Å². The molecular formula is C11H19NO2. The van der Waals surface area contributed by atoms with E-state index in [1.165, 1.54) is 18.6 Å². The van der Waals surface area contributed by atoms with Crippen LogP contribution in [0.15, 0.2) is 4.99 Å². The Kier molecular flexibility index (Phi) is 4.63. The molecule has 0 aromatic rings. The molecule has 0 aromatic heterocycles. The predicted octanol–water partition coefficient (Wildman–Crippen LogP) is 2.34. The van der Waals surface area contributed by atoms with E-state index < -0.39 is 0 Å². The van der Waals surface area contributed by atoms with Crippen LogP contribution >= 0.6 is 0 Å². The fourth-order valence-electron chi connectivity index (χ4n) is 1.63. The summed E-state index contributed by atoms with van der Waals surface area (Å²) in [6, 6.07) is -0.207. The molecule has 14 heavy (non-hydrogen) atoms. The smallest absolute Gasteiger partial charge is 0.330 e. The number of aliphatic imine (C=N–C) groups is 1. The monoisotopic (exact) mass is 197 g/mol. The Hall–Kier alpha value is -0.860. The lowest BCUT2D eigenvalue weighted by molar-refractivity contribution is -0.144. The van der Waals surface area contributed by atoms with E-state index in [2.05, 4.69) is 11.9 Å². The maximum Gasteiger partial charge on any atom is 0.330 e. The number of rotatable bonds is 5. The highest BCUT2D eigenvalue weighted by Gasteiger charge is 2.24. The number of carbonyl (C=O) groups is 1. The zero-order valence-electron chi connectivity index (χ0n) is 9.08. The zero-order valence-corrected chi connectivity index (χ0v) is 9.08. The molecule has 1 aliphatic rings. The quantitative estimate of drug-likeness (QED) is 0.634. The van der Waals surface area contributed by atoms with Gasteiger partial charge in [-0.25, -0.2) is 4.79 Å². The van der Waals surface area contributed by atoms with Gasteiger partial charge in [-0.15, -0.1) is 0 Å². The Balaban J connectivity index is 2.36. The molecule has 0 aromatic carbocycles. The molecule has 1 rings (SSSR count). The van der Waals surface area contributed by atoms with Gasteiger partial charge in [0.25, 0.3) is 0 Å². The summed E-state index contributed by atoms with van der Waals surface area (Å²) in [5.74, 6) is -0.154. The van der Waals surface area contributed by atoms with E-state index in [1.807, 2.05) is 6.92 Å². The van der Waals surface area contributed by atoms with Crippen LogP contribution in [0, 0.1) is 0 Å². The summed E-state index contributed by atoms with van der Waals surface area (Å²) in [4.78, 5) is 15.7. The largest absolute Gasteiger partial charge is 0.464 e. The zero-order chi connectivity index (χ0) is 10.4. The minimum absolute atomic E-state index is 0.154. The van der Waals surface area contributed by atoms with E-state index in [1.54, 1.807) is 0 Å². The highest BCUT2D eigenvalue weighted by Crippen LogP contribution is 2.17. The summed E-state index contributed by atoms with van der Waals surface area (Å²) in [5.41, 5.74) is 1.20. The summed E-state index contributed by atoms with van der Waals surface area (Å²) in [5, 5.41) is 0. The maximum atomic E-state index is 11.3. The number of hydrogen-bond donors (Lipinski definition) is 0. The van der Waals surface area contributed by atoms with Gasteiger partial charge >= 0.3 is 5.97 Å². The molecule has 1 aliphatic heterocycles. The molecule has 3 nitrogen and oxygen atoms in total. The van der Waals surface area contributed by atoms with Gasteiger partial charge in [0.2, 0.25) is 0 Å². The maximum absolute atomic E-state index is 11.3. The molecular weight excluding hydrogens is 178 g/mol. The molecule has 1 heterocycles. The van der Waals surface area contributed by atoms with Gasteiger partial charge in [0.05, 0.1) is 6.61 Å². The lowest BCUT2D eigenvalue weighted by Crippen LogP contribution is -2.18. The fraction of sp³-hybridized carbons (Fsp3) is 0.818. The molecule has 0 unspecified atom stereocenters. The van der Waals surface area contributed by atoms with Crippen molar-refractivity contribution in [3.8, 4) is 0 Å². The highest BCUT2D eigenvalue weighted by atomic mass is 16.5. The van der Waals surface area contributed by atoms with Gasteiger partial charge in [-0.05, 0) is 32.6 Å². The number of ether oxygens (including phenoxy) is 1. The van der Waals surface area contributed by atoms with Crippen LogP contribution in [0.1, 0.15) is 46.0 Å². The Morgan fingerprint density at radius 2 is 2.36 bits per heavy atom. The van der Waals surface area contributed by atoms with Crippen molar-refractivity contribution in [2.24, 2.45) is 4.99 Å². The molecule has 0 saturated heterocycles. The van der Waals surface area contributed by atoms with E-state index in [0.29, 0.717) is 6.61 Å². The second-order valence-electron chi connectivity index (χ2n) is 3.61. The second kappa shape index (κ2) is 5.78. The average molecular weight is 197 g/mol. The van der Waals surface area contributed by atoms with Crippen molar-refractivity contribution in [3.63, 3.8) is 0 Å². The number of unbranched alkanes of at least 4 members (excludes halogenated alkanes) is 1. The minimum atomic E-state index is -0.207. The first-order valence-electron chi connectivity index (χ1n) is 5.50. The Morgan fingerprint density at radius 1 is 1.57 bits per heavy atom. The minimum Gasteiger partial charge on any atom is -0.464 e. The molecule has 0 aliphatic carbocycles. The number of nitrogens with zero attached hydrogens (tertiary/aromatic N) is 1. The van der Waals surface area contributed by atoms with Gasteiger partial charge in [-0.2, -0.15) is 0 Å². The fourth-order valence-corrected chi connectivity index (χ4v) is 1.63. The standard InChI is InChI=1S/C11H19NO2/c1-3-5-6-9-7-8-10(12-9)11(13)14-4-2/h10H,3-8H2,1-2H3/t10-/m0/s1. The van der Waals surface area contributed by atoms with Crippen LogP contribution in [0.2, 0.25) is 0 Å². The Morgan fingerprint density at radius 3 is 3.00 bits per heavy atom. The molecule has 0 bridgehead atoms. The van der Waals surface area contributed by atoms with Crippen molar-refractivity contribution < 1.29 is 9.53 Å². The third kappa shape index (κ3) is 3.13. The molecule has 0 radical (unpaired) electrons. The van der Waals surface area contributed by atoms with Crippen molar-refractivity contribution in [1.82, 2.24) is 0 Å². The van der Waals surface area contributed by atoms with Crippen molar-refractivity contribution in [3.05, 3.63) is 0 Å². The normalized spacial score (nSPS) is 20.7. The average Bonchev–Trinajstić information content (AvgIpc) is 2.63. The van der Waals surface area contributed by atoms with Crippen LogP contribution in [-0.2, 0) is 9.53 Å². The molecule has 0 saturated carbocycles. The summed E-state index contributed by atoms with van der Waals surface area (Å²) in [7, 11) is 0. The molecule has 0 fully saturated rings. The van der Waals surface area contributed by atoms with Crippen LogP contribution < -0.4 is 0 Å². The van der Waals surface area contributed by atoms with E-state index >= 15 is 0 Å². The summed E-state index contributed by atoms with van der Waals surface area (Å²) >= 11 is 0. The third-order valence-corrected chi connectivity index (χ3v) is 2.42. The lowest BCUT2D eigenvalue weighted by Gasteiger charge is -2.04. The van der Waals surface area contributed by atoms with Crippen LogP contribution in [0.25, 0.3) is 0 Å². The summed E-state index contributed by atoms with van der Waals surface area (Å²) in [6.07, 6.45) is 5.23.